The van der Waals surface area contributed by atoms with Gasteiger partial charge in [0.25, 0.3) is 10.0 Å². The fourth-order valence-corrected chi connectivity index (χ4v) is 4.32. The van der Waals surface area contributed by atoms with Crippen molar-refractivity contribution in [2.75, 3.05) is 38.0 Å². The number of benzene rings is 2. The fourth-order valence-electron chi connectivity index (χ4n) is 2.85. The van der Waals surface area contributed by atoms with Crippen LogP contribution in [0, 0.1) is 13.8 Å². The van der Waals surface area contributed by atoms with Crippen molar-refractivity contribution < 1.29 is 13.2 Å². The van der Waals surface area contributed by atoms with Gasteiger partial charge in [-0.3, -0.25) is 9.10 Å². The highest BCUT2D eigenvalue weighted by atomic mass is 32.2. The van der Waals surface area contributed by atoms with Gasteiger partial charge < -0.3 is 10.2 Å². The molecule has 2 rings (SSSR count). The Bertz CT molecular complexity index is 892. The maximum absolute atomic E-state index is 13.3. The van der Waals surface area contributed by atoms with Crippen LogP contribution in [0.4, 0.5) is 5.69 Å². The van der Waals surface area contributed by atoms with E-state index in [2.05, 4.69) is 10.2 Å². The Labute approximate surface area is 174 Å². The highest BCUT2D eigenvalue weighted by molar-refractivity contribution is 7.92. The van der Waals surface area contributed by atoms with Crippen molar-refractivity contribution in [2.24, 2.45) is 0 Å². The maximum atomic E-state index is 13.3. The molecule has 0 atom stereocenters. The zero-order valence-corrected chi connectivity index (χ0v) is 18.5. The summed E-state index contributed by atoms with van der Waals surface area (Å²) in [7, 11) is 0.198. The second-order valence-electron chi connectivity index (χ2n) is 7.48. The van der Waals surface area contributed by atoms with E-state index >= 15 is 0 Å². The van der Waals surface area contributed by atoms with Crippen LogP contribution >= 0.6 is 0 Å². The summed E-state index contributed by atoms with van der Waals surface area (Å²) in [5.41, 5.74) is 2.58. The molecule has 158 valence electrons. The van der Waals surface area contributed by atoms with E-state index in [1.54, 1.807) is 36.4 Å². The molecule has 6 nitrogen and oxygen atoms in total. The molecular formula is C22H31N3O3S. The fraction of sp³-hybridized carbons (Fsp3) is 0.409. The second-order valence-corrected chi connectivity index (χ2v) is 9.34. The number of sulfonamides is 1. The molecule has 0 aromatic heterocycles. The van der Waals surface area contributed by atoms with Gasteiger partial charge in [0.2, 0.25) is 5.91 Å². The van der Waals surface area contributed by atoms with E-state index in [-0.39, 0.29) is 23.8 Å². The average Bonchev–Trinajstić information content (AvgIpc) is 2.67. The Morgan fingerprint density at radius 3 is 2.00 bits per heavy atom. The third-order valence-electron chi connectivity index (χ3n) is 4.58. The standard InChI is InChI=1S/C22H31N3O3S/c1-18-6-10-20(11-7-18)25(17-14-22(26)23-15-5-16-24(3)4)29(27,28)21-12-8-19(2)9-13-21/h6-13H,5,14-17H2,1-4H3,(H,23,26). The van der Waals surface area contributed by atoms with Crippen molar-refractivity contribution in [3.63, 3.8) is 0 Å². The van der Waals surface area contributed by atoms with Gasteiger partial charge in [-0.1, -0.05) is 35.4 Å². The summed E-state index contributed by atoms with van der Waals surface area (Å²) in [6, 6.07) is 14.0. The molecule has 2 aromatic rings. The minimum atomic E-state index is -3.77. The van der Waals surface area contributed by atoms with Crippen LogP contribution in [0.2, 0.25) is 0 Å². The topological polar surface area (TPSA) is 69.7 Å². The van der Waals surface area contributed by atoms with Crippen molar-refractivity contribution in [2.45, 2.75) is 31.6 Å². The molecule has 0 bridgehead atoms. The first-order chi connectivity index (χ1) is 13.7. The van der Waals surface area contributed by atoms with Crippen LogP contribution in [-0.4, -0.2) is 53.0 Å². The third kappa shape index (κ3) is 6.87. The van der Waals surface area contributed by atoms with E-state index in [0.717, 1.165) is 24.1 Å². The lowest BCUT2D eigenvalue weighted by Crippen LogP contribution is -2.36. The predicted molar refractivity (Wildman–Crippen MR) is 118 cm³/mol. The predicted octanol–water partition coefficient (Wildman–Crippen LogP) is 2.96. The minimum Gasteiger partial charge on any atom is -0.356 e. The molecule has 7 heteroatoms. The Morgan fingerprint density at radius 2 is 1.45 bits per heavy atom. The molecule has 0 saturated heterocycles. The van der Waals surface area contributed by atoms with E-state index in [1.807, 2.05) is 40.1 Å². The van der Waals surface area contributed by atoms with E-state index in [9.17, 15) is 13.2 Å². The lowest BCUT2D eigenvalue weighted by atomic mass is 10.2. The Balaban J connectivity index is 2.15. The van der Waals surface area contributed by atoms with Gasteiger partial charge in [-0.05, 0) is 65.2 Å². The number of hydrogen-bond donors (Lipinski definition) is 1. The molecule has 29 heavy (non-hydrogen) atoms. The number of carbonyl (C=O) groups excluding carboxylic acids is 1. The van der Waals surface area contributed by atoms with Crippen molar-refractivity contribution in [1.82, 2.24) is 10.2 Å². The summed E-state index contributed by atoms with van der Waals surface area (Å²) in [4.78, 5) is 14.5. The van der Waals surface area contributed by atoms with Gasteiger partial charge in [0, 0.05) is 19.5 Å². The lowest BCUT2D eigenvalue weighted by molar-refractivity contribution is -0.120. The first-order valence-electron chi connectivity index (χ1n) is 9.77. The van der Waals surface area contributed by atoms with Crippen LogP contribution in [-0.2, 0) is 14.8 Å². The monoisotopic (exact) mass is 417 g/mol. The van der Waals surface area contributed by atoms with Gasteiger partial charge in [0.15, 0.2) is 0 Å². The van der Waals surface area contributed by atoms with E-state index < -0.39 is 10.0 Å². The summed E-state index contributed by atoms with van der Waals surface area (Å²) in [5.74, 6) is -0.153. The van der Waals surface area contributed by atoms with Crippen LogP contribution in [0.25, 0.3) is 0 Å². The van der Waals surface area contributed by atoms with Gasteiger partial charge in [0.1, 0.15) is 0 Å². The number of anilines is 1. The summed E-state index contributed by atoms with van der Waals surface area (Å²) in [6.45, 7) is 5.40. The number of aryl methyl sites for hydroxylation is 2. The quantitative estimate of drug-likeness (QED) is 0.604. The molecule has 0 aliphatic carbocycles. The molecule has 0 fully saturated rings. The molecule has 0 spiro atoms. The molecule has 0 aliphatic heterocycles. The van der Waals surface area contributed by atoms with E-state index in [4.69, 9.17) is 0 Å². The first kappa shape index (κ1) is 22.9. The molecule has 2 aromatic carbocycles. The van der Waals surface area contributed by atoms with Gasteiger partial charge in [0.05, 0.1) is 10.6 Å². The average molecular weight is 418 g/mol. The summed E-state index contributed by atoms with van der Waals surface area (Å²) < 4.78 is 27.8. The highest BCUT2D eigenvalue weighted by Crippen LogP contribution is 2.24. The molecule has 0 unspecified atom stereocenters. The number of carbonyl (C=O) groups is 1. The van der Waals surface area contributed by atoms with Crippen molar-refractivity contribution in [1.29, 1.82) is 0 Å². The second kappa shape index (κ2) is 10.4. The first-order valence-corrected chi connectivity index (χ1v) is 11.2. The third-order valence-corrected chi connectivity index (χ3v) is 6.42. The number of rotatable bonds is 10. The van der Waals surface area contributed by atoms with Gasteiger partial charge in [-0.25, -0.2) is 8.42 Å². The van der Waals surface area contributed by atoms with Crippen molar-refractivity contribution in [3.05, 3.63) is 59.7 Å². The lowest BCUT2D eigenvalue weighted by Gasteiger charge is -2.24. The molecule has 0 radical (unpaired) electrons. The smallest absolute Gasteiger partial charge is 0.264 e. The van der Waals surface area contributed by atoms with Crippen LogP contribution < -0.4 is 9.62 Å². The summed E-state index contributed by atoms with van der Waals surface area (Å²) >= 11 is 0. The molecule has 0 saturated carbocycles. The van der Waals surface area contributed by atoms with E-state index in [0.29, 0.717) is 12.2 Å². The molecule has 1 amide bonds. The van der Waals surface area contributed by atoms with Crippen LogP contribution in [0.5, 0.6) is 0 Å². The van der Waals surface area contributed by atoms with Crippen molar-refractivity contribution in [3.8, 4) is 0 Å². The zero-order valence-electron chi connectivity index (χ0n) is 17.7. The molecule has 1 N–H and O–H groups in total. The number of nitrogens with zero attached hydrogens (tertiary/aromatic N) is 2. The van der Waals surface area contributed by atoms with Gasteiger partial charge in [-0.2, -0.15) is 0 Å². The van der Waals surface area contributed by atoms with Crippen LogP contribution in [0.1, 0.15) is 24.0 Å². The maximum Gasteiger partial charge on any atom is 0.264 e. The largest absolute Gasteiger partial charge is 0.356 e. The van der Waals surface area contributed by atoms with Crippen molar-refractivity contribution >= 4 is 21.6 Å². The normalized spacial score (nSPS) is 11.5. The molecular weight excluding hydrogens is 386 g/mol. The SMILES string of the molecule is Cc1ccc(N(CCC(=O)NCCCN(C)C)S(=O)(=O)c2ccc(C)cc2)cc1. The summed E-state index contributed by atoms with van der Waals surface area (Å²) in [6.07, 6.45) is 0.947. The molecule has 0 heterocycles. The number of amides is 1. The Kier molecular flexibility index (Phi) is 8.22. The number of nitrogens with one attached hydrogen (secondary N) is 1. The van der Waals surface area contributed by atoms with Gasteiger partial charge >= 0.3 is 0 Å². The molecule has 0 aliphatic rings. The van der Waals surface area contributed by atoms with E-state index in [1.165, 1.54) is 4.31 Å². The Morgan fingerprint density at radius 1 is 0.897 bits per heavy atom. The van der Waals surface area contributed by atoms with Gasteiger partial charge in [-0.15, -0.1) is 0 Å². The minimum absolute atomic E-state index is 0.0821. The Hall–Kier alpha value is -2.38. The van der Waals surface area contributed by atoms with Crippen LogP contribution in [0.15, 0.2) is 53.4 Å². The summed E-state index contributed by atoms with van der Waals surface area (Å²) in [5, 5.41) is 2.87. The highest BCUT2D eigenvalue weighted by Gasteiger charge is 2.25. The zero-order chi connectivity index (χ0) is 21.4. The van der Waals surface area contributed by atoms with Crippen LogP contribution in [0.3, 0.4) is 0 Å². The number of hydrogen-bond acceptors (Lipinski definition) is 4.